The standard InChI is InChI=1S/C13H26N2O3/c1-12(2,3)18-11(16)15(4)10-7-13(17)5-8-14-9-6-13/h14,17H,5-10H2,1-4H3. The molecule has 0 spiro atoms. The molecule has 5 nitrogen and oxygen atoms in total. The number of piperidine rings is 1. The molecule has 1 aliphatic heterocycles. The lowest BCUT2D eigenvalue weighted by molar-refractivity contribution is -0.00942. The molecule has 1 aliphatic rings. The average Bonchev–Trinajstić information content (AvgIpc) is 2.24. The van der Waals surface area contributed by atoms with Gasteiger partial charge in [0.15, 0.2) is 0 Å². The number of nitrogens with one attached hydrogen (secondary N) is 1. The van der Waals surface area contributed by atoms with Gasteiger partial charge in [-0.2, -0.15) is 0 Å². The van der Waals surface area contributed by atoms with Gasteiger partial charge in [-0.05, 0) is 53.1 Å². The third-order valence-electron chi connectivity index (χ3n) is 3.15. The van der Waals surface area contributed by atoms with Gasteiger partial charge in [-0.15, -0.1) is 0 Å². The molecule has 1 fully saturated rings. The van der Waals surface area contributed by atoms with Crippen LogP contribution in [0.1, 0.15) is 40.0 Å². The summed E-state index contributed by atoms with van der Waals surface area (Å²) in [4.78, 5) is 13.3. The molecule has 106 valence electrons. The predicted molar refractivity (Wildman–Crippen MR) is 70.5 cm³/mol. The first-order valence-corrected chi connectivity index (χ1v) is 6.59. The summed E-state index contributed by atoms with van der Waals surface area (Å²) in [6.07, 6.45) is 1.76. The smallest absolute Gasteiger partial charge is 0.410 e. The average molecular weight is 258 g/mol. The first-order valence-electron chi connectivity index (χ1n) is 6.59. The Bertz CT molecular complexity index is 280. The fraction of sp³-hybridized carbons (Fsp3) is 0.923. The van der Waals surface area contributed by atoms with Crippen molar-refractivity contribution in [1.82, 2.24) is 10.2 Å². The summed E-state index contributed by atoms with van der Waals surface area (Å²) in [7, 11) is 1.71. The van der Waals surface area contributed by atoms with Crippen molar-refractivity contribution in [2.45, 2.75) is 51.2 Å². The van der Waals surface area contributed by atoms with Gasteiger partial charge in [0.2, 0.25) is 0 Å². The lowest BCUT2D eigenvalue weighted by Crippen LogP contribution is -2.44. The number of ether oxygens (including phenoxy) is 1. The first-order chi connectivity index (χ1) is 8.22. The van der Waals surface area contributed by atoms with Crippen molar-refractivity contribution in [3.8, 4) is 0 Å². The zero-order valence-electron chi connectivity index (χ0n) is 12.0. The molecular formula is C13H26N2O3. The number of carbonyl (C=O) groups excluding carboxylic acids is 1. The Morgan fingerprint density at radius 2 is 1.94 bits per heavy atom. The van der Waals surface area contributed by atoms with E-state index in [9.17, 15) is 9.90 Å². The Morgan fingerprint density at radius 1 is 1.39 bits per heavy atom. The van der Waals surface area contributed by atoms with Crippen molar-refractivity contribution >= 4 is 6.09 Å². The van der Waals surface area contributed by atoms with E-state index in [4.69, 9.17) is 4.74 Å². The van der Waals surface area contributed by atoms with E-state index in [0.29, 0.717) is 13.0 Å². The van der Waals surface area contributed by atoms with Crippen molar-refractivity contribution in [2.75, 3.05) is 26.7 Å². The van der Waals surface area contributed by atoms with Crippen molar-refractivity contribution in [3.63, 3.8) is 0 Å². The van der Waals surface area contributed by atoms with E-state index in [-0.39, 0.29) is 6.09 Å². The number of amides is 1. The fourth-order valence-electron chi connectivity index (χ4n) is 1.95. The maximum atomic E-state index is 11.7. The van der Waals surface area contributed by atoms with Crippen LogP contribution >= 0.6 is 0 Å². The van der Waals surface area contributed by atoms with Crippen molar-refractivity contribution in [3.05, 3.63) is 0 Å². The van der Waals surface area contributed by atoms with E-state index in [2.05, 4.69) is 5.32 Å². The molecule has 1 amide bonds. The summed E-state index contributed by atoms with van der Waals surface area (Å²) in [5.41, 5.74) is -1.11. The maximum absolute atomic E-state index is 11.7. The molecule has 0 aliphatic carbocycles. The number of rotatable bonds is 3. The summed E-state index contributed by atoms with van der Waals surface area (Å²) >= 11 is 0. The number of carbonyl (C=O) groups is 1. The molecule has 0 aromatic heterocycles. The van der Waals surface area contributed by atoms with Crippen LogP contribution < -0.4 is 5.32 Å². The molecule has 0 aromatic rings. The largest absolute Gasteiger partial charge is 0.444 e. The SMILES string of the molecule is CN(CCC1(O)CCNCC1)C(=O)OC(C)(C)C. The van der Waals surface area contributed by atoms with Gasteiger partial charge in [-0.3, -0.25) is 0 Å². The van der Waals surface area contributed by atoms with Gasteiger partial charge in [0.1, 0.15) is 5.60 Å². The van der Waals surface area contributed by atoms with E-state index in [1.807, 2.05) is 20.8 Å². The van der Waals surface area contributed by atoms with E-state index < -0.39 is 11.2 Å². The van der Waals surface area contributed by atoms with E-state index >= 15 is 0 Å². The second kappa shape index (κ2) is 5.89. The van der Waals surface area contributed by atoms with Crippen LogP contribution in [0.15, 0.2) is 0 Å². The Balaban J connectivity index is 2.35. The van der Waals surface area contributed by atoms with Gasteiger partial charge in [-0.1, -0.05) is 0 Å². The Labute approximate surface area is 109 Å². The summed E-state index contributed by atoms with van der Waals surface area (Å²) in [5, 5.41) is 13.5. The molecule has 0 atom stereocenters. The third-order valence-corrected chi connectivity index (χ3v) is 3.15. The first kappa shape index (κ1) is 15.2. The minimum absolute atomic E-state index is 0.333. The fourth-order valence-corrected chi connectivity index (χ4v) is 1.95. The Kier molecular flexibility index (Phi) is 4.99. The number of nitrogens with zero attached hydrogens (tertiary/aromatic N) is 1. The molecule has 1 heterocycles. The van der Waals surface area contributed by atoms with Gasteiger partial charge < -0.3 is 20.1 Å². The van der Waals surface area contributed by atoms with Gasteiger partial charge in [-0.25, -0.2) is 4.79 Å². The van der Waals surface area contributed by atoms with E-state index in [0.717, 1.165) is 25.9 Å². The minimum atomic E-state index is -0.637. The molecule has 18 heavy (non-hydrogen) atoms. The van der Waals surface area contributed by atoms with Crippen LogP contribution in [0.2, 0.25) is 0 Å². The molecule has 1 rings (SSSR count). The highest BCUT2D eigenvalue weighted by molar-refractivity contribution is 5.67. The lowest BCUT2D eigenvalue weighted by Gasteiger charge is -2.34. The molecule has 5 heteroatoms. The maximum Gasteiger partial charge on any atom is 0.410 e. The molecular weight excluding hydrogens is 232 g/mol. The van der Waals surface area contributed by atoms with Crippen LogP contribution in [-0.4, -0.2) is 54.0 Å². The zero-order valence-corrected chi connectivity index (χ0v) is 12.0. The predicted octanol–water partition coefficient (Wildman–Crippen LogP) is 1.36. The van der Waals surface area contributed by atoms with Crippen LogP contribution in [0, 0.1) is 0 Å². The Morgan fingerprint density at radius 3 is 2.44 bits per heavy atom. The summed E-state index contributed by atoms with van der Waals surface area (Å²) < 4.78 is 5.27. The molecule has 0 saturated carbocycles. The second-order valence-electron chi connectivity index (χ2n) is 6.13. The minimum Gasteiger partial charge on any atom is -0.444 e. The zero-order chi connectivity index (χ0) is 13.8. The molecule has 0 unspecified atom stereocenters. The monoisotopic (exact) mass is 258 g/mol. The van der Waals surface area contributed by atoms with Gasteiger partial charge in [0, 0.05) is 13.6 Å². The molecule has 0 aromatic carbocycles. The summed E-state index contributed by atoms with van der Waals surface area (Å²) in [5.74, 6) is 0. The van der Waals surface area contributed by atoms with Gasteiger partial charge in [0.05, 0.1) is 5.60 Å². The highest BCUT2D eigenvalue weighted by atomic mass is 16.6. The lowest BCUT2D eigenvalue weighted by atomic mass is 9.89. The second-order valence-corrected chi connectivity index (χ2v) is 6.13. The van der Waals surface area contributed by atoms with Crippen LogP contribution in [0.5, 0.6) is 0 Å². The van der Waals surface area contributed by atoms with Crippen molar-refractivity contribution in [1.29, 1.82) is 0 Å². The topological polar surface area (TPSA) is 61.8 Å². The van der Waals surface area contributed by atoms with Gasteiger partial charge >= 0.3 is 6.09 Å². The van der Waals surface area contributed by atoms with Crippen LogP contribution in [-0.2, 0) is 4.74 Å². The van der Waals surface area contributed by atoms with Crippen LogP contribution in [0.4, 0.5) is 4.79 Å². The van der Waals surface area contributed by atoms with Crippen LogP contribution in [0.3, 0.4) is 0 Å². The number of aliphatic hydroxyl groups is 1. The normalized spacial score (nSPS) is 19.4. The Hall–Kier alpha value is -0.810. The molecule has 0 radical (unpaired) electrons. The number of hydrogen-bond acceptors (Lipinski definition) is 4. The van der Waals surface area contributed by atoms with Crippen molar-refractivity contribution in [2.24, 2.45) is 0 Å². The number of hydrogen-bond donors (Lipinski definition) is 2. The quantitative estimate of drug-likeness (QED) is 0.802. The van der Waals surface area contributed by atoms with E-state index in [1.54, 1.807) is 7.05 Å². The summed E-state index contributed by atoms with van der Waals surface area (Å²) in [6, 6.07) is 0. The van der Waals surface area contributed by atoms with Crippen LogP contribution in [0.25, 0.3) is 0 Å². The van der Waals surface area contributed by atoms with Crippen molar-refractivity contribution < 1.29 is 14.6 Å². The highest BCUT2D eigenvalue weighted by Crippen LogP contribution is 2.22. The molecule has 0 bridgehead atoms. The van der Waals surface area contributed by atoms with Gasteiger partial charge in [0.25, 0.3) is 0 Å². The highest BCUT2D eigenvalue weighted by Gasteiger charge is 2.30. The summed E-state index contributed by atoms with van der Waals surface area (Å²) in [6.45, 7) is 7.74. The third kappa shape index (κ3) is 5.23. The van der Waals surface area contributed by atoms with E-state index in [1.165, 1.54) is 4.90 Å². The molecule has 2 N–H and O–H groups in total. The molecule has 1 saturated heterocycles.